The molecule has 1 rings (SSSR count). The molecule has 0 radical (unpaired) electrons. The van der Waals surface area contributed by atoms with Crippen LogP contribution in [0.1, 0.15) is 19.8 Å². The molecule has 16 heavy (non-hydrogen) atoms. The molecule has 0 aromatic rings. The van der Waals surface area contributed by atoms with Gasteiger partial charge in [-0.3, -0.25) is 0 Å². The molecule has 0 aromatic carbocycles. The first kappa shape index (κ1) is 13.3. The van der Waals surface area contributed by atoms with Gasteiger partial charge in [0.25, 0.3) is 0 Å². The van der Waals surface area contributed by atoms with Gasteiger partial charge in [0, 0.05) is 12.6 Å². The Morgan fingerprint density at radius 2 is 2.31 bits per heavy atom. The van der Waals surface area contributed by atoms with Crippen molar-refractivity contribution in [2.45, 2.75) is 31.8 Å². The highest BCUT2D eigenvalue weighted by molar-refractivity contribution is 5.74. The second-order valence-corrected chi connectivity index (χ2v) is 4.67. The van der Waals surface area contributed by atoms with Crippen LogP contribution in [-0.4, -0.2) is 56.9 Å². The average molecular weight is 229 g/mol. The Kier molecular flexibility index (Phi) is 5.55. The Hall–Kier alpha value is -0.810. The highest BCUT2D eigenvalue weighted by Crippen LogP contribution is 2.02. The van der Waals surface area contributed by atoms with Crippen molar-refractivity contribution < 1.29 is 9.53 Å². The van der Waals surface area contributed by atoms with E-state index < -0.39 is 0 Å². The summed E-state index contributed by atoms with van der Waals surface area (Å²) in [5.41, 5.74) is 0. The molecule has 0 bridgehead atoms. The molecule has 2 amide bonds. The molecular weight excluding hydrogens is 206 g/mol. The predicted molar refractivity (Wildman–Crippen MR) is 63.5 cm³/mol. The fourth-order valence-corrected chi connectivity index (χ4v) is 1.62. The maximum atomic E-state index is 11.6. The minimum Gasteiger partial charge on any atom is -0.379 e. The standard InChI is InChI=1S/C11H23N3O2/c1-9(4-6-14(2)3)12-11(15)13-10-5-7-16-8-10/h9-10H,4-8H2,1-3H3,(H2,12,13,15). The Bertz CT molecular complexity index is 215. The lowest BCUT2D eigenvalue weighted by atomic mass is 10.2. The summed E-state index contributed by atoms with van der Waals surface area (Å²) in [6.45, 7) is 4.39. The van der Waals surface area contributed by atoms with E-state index in [2.05, 4.69) is 15.5 Å². The van der Waals surface area contributed by atoms with Crippen LogP contribution in [0.2, 0.25) is 0 Å². The number of nitrogens with zero attached hydrogens (tertiary/aromatic N) is 1. The zero-order valence-electron chi connectivity index (χ0n) is 10.5. The van der Waals surface area contributed by atoms with Crippen molar-refractivity contribution in [2.75, 3.05) is 33.9 Å². The molecule has 2 unspecified atom stereocenters. The van der Waals surface area contributed by atoms with Crippen molar-refractivity contribution in [3.63, 3.8) is 0 Å². The molecule has 1 fully saturated rings. The molecule has 0 spiro atoms. The van der Waals surface area contributed by atoms with Crippen LogP contribution in [0.25, 0.3) is 0 Å². The van der Waals surface area contributed by atoms with Crippen molar-refractivity contribution in [3.8, 4) is 0 Å². The van der Waals surface area contributed by atoms with Gasteiger partial charge in [0.2, 0.25) is 0 Å². The average Bonchev–Trinajstić information content (AvgIpc) is 2.67. The van der Waals surface area contributed by atoms with Gasteiger partial charge in [-0.1, -0.05) is 0 Å². The highest BCUT2D eigenvalue weighted by Gasteiger charge is 2.18. The van der Waals surface area contributed by atoms with Gasteiger partial charge in [0.05, 0.1) is 12.6 Å². The number of urea groups is 1. The van der Waals surface area contributed by atoms with Gasteiger partial charge in [-0.25, -0.2) is 4.79 Å². The molecule has 2 atom stereocenters. The van der Waals surface area contributed by atoms with Crippen molar-refractivity contribution in [1.29, 1.82) is 0 Å². The molecule has 0 aliphatic carbocycles. The first-order valence-corrected chi connectivity index (χ1v) is 5.87. The van der Waals surface area contributed by atoms with E-state index in [0.29, 0.717) is 6.61 Å². The van der Waals surface area contributed by atoms with Crippen LogP contribution >= 0.6 is 0 Å². The minimum absolute atomic E-state index is 0.0817. The third-order valence-corrected chi connectivity index (χ3v) is 2.65. The summed E-state index contributed by atoms with van der Waals surface area (Å²) in [6.07, 6.45) is 1.88. The van der Waals surface area contributed by atoms with Crippen molar-refractivity contribution >= 4 is 6.03 Å². The van der Waals surface area contributed by atoms with Crippen molar-refractivity contribution in [3.05, 3.63) is 0 Å². The molecule has 2 N–H and O–H groups in total. The number of amides is 2. The molecule has 1 aliphatic heterocycles. The Balaban J connectivity index is 2.12. The molecule has 5 nitrogen and oxygen atoms in total. The van der Waals surface area contributed by atoms with Gasteiger partial charge in [0.1, 0.15) is 0 Å². The zero-order valence-corrected chi connectivity index (χ0v) is 10.5. The molecular formula is C11H23N3O2. The SMILES string of the molecule is CC(CCN(C)C)NC(=O)NC1CCOC1. The van der Waals surface area contributed by atoms with Crippen molar-refractivity contribution in [1.82, 2.24) is 15.5 Å². The van der Waals surface area contributed by atoms with E-state index in [9.17, 15) is 4.79 Å². The van der Waals surface area contributed by atoms with Crippen LogP contribution in [0, 0.1) is 0 Å². The Morgan fingerprint density at radius 1 is 1.56 bits per heavy atom. The molecule has 1 heterocycles. The first-order chi connectivity index (χ1) is 7.58. The fraction of sp³-hybridized carbons (Fsp3) is 0.909. The third-order valence-electron chi connectivity index (χ3n) is 2.65. The van der Waals surface area contributed by atoms with Crippen LogP contribution in [0.3, 0.4) is 0 Å². The van der Waals surface area contributed by atoms with Gasteiger partial charge in [-0.2, -0.15) is 0 Å². The van der Waals surface area contributed by atoms with Crippen molar-refractivity contribution in [2.24, 2.45) is 0 Å². The summed E-state index contributed by atoms with van der Waals surface area (Å²) in [7, 11) is 4.06. The summed E-state index contributed by atoms with van der Waals surface area (Å²) >= 11 is 0. The van der Waals surface area contributed by atoms with Gasteiger partial charge < -0.3 is 20.3 Å². The van der Waals surface area contributed by atoms with Gasteiger partial charge in [-0.15, -0.1) is 0 Å². The zero-order chi connectivity index (χ0) is 12.0. The monoisotopic (exact) mass is 229 g/mol. The number of rotatable bonds is 5. The number of hydrogen-bond acceptors (Lipinski definition) is 3. The number of hydrogen-bond donors (Lipinski definition) is 2. The van der Waals surface area contributed by atoms with E-state index >= 15 is 0 Å². The Morgan fingerprint density at radius 3 is 2.88 bits per heavy atom. The lowest BCUT2D eigenvalue weighted by molar-refractivity contribution is 0.188. The number of nitrogens with one attached hydrogen (secondary N) is 2. The van der Waals surface area contributed by atoms with Crippen LogP contribution in [0.4, 0.5) is 4.79 Å². The fourth-order valence-electron chi connectivity index (χ4n) is 1.62. The van der Waals surface area contributed by atoms with E-state index in [1.807, 2.05) is 21.0 Å². The minimum atomic E-state index is -0.0817. The summed E-state index contributed by atoms with van der Waals surface area (Å²) in [5.74, 6) is 0. The van der Waals surface area contributed by atoms with Crippen LogP contribution in [0.15, 0.2) is 0 Å². The van der Waals surface area contributed by atoms with E-state index in [1.54, 1.807) is 0 Å². The lowest BCUT2D eigenvalue weighted by Crippen LogP contribution is -2.46. The van der Waals surface area contributed by atoms with Crippen LogP contribution in [-0.2, 0) is 4.74 Å². The number of carbonyl (C=O) groups excluding carboxylic acids is 1. The number of ether oxygens (including phenoxy) is 1. The molecule has 5 heteroatoms. The largest absolute Gasteiger partial charge is 0.379 e. The number of carbonyl (C=O) groups is 1. The van der Waals surface area contributed by atoms with Gasteiger partial charge in [-0.05, 0) is 40.4 Å². The smallest absolute Gasteiger partial charge is 0.315 e. The van der Waals surface area contributed by atoms with Crippen LogP contribution < -0.4 is 10.6 Å². The molecule has 94 valence electrons. The summed E-state index contributed by atoms with van der Waals surface area (Å²) in [4.78, 5) is 13.7. The normalized spacial score (nSPS) is 22.1. The quantitative estimate of drug-likeness (QED) is 0.718. The van der Waals surface area contributed by atoms with E-state index in [1.165, 1.54) is 0 Å². The lowest BCUT2D eigenvalue weighted by Gasteiger charge is -2.18. The maximum Gasteiger partial charge on any atom is 0.315 e. The van der Waals surface area contributed by atoms with E-state index in [4.69, 9.17) is 4.74 Å². The van der Waals surface area contributed by atoms with Gasteiger partial charge in [0.15, 0.2) is 0 Å². The summed E-state index contributed by atoms with van der Waals surface area (Å²) < 4.78 is 5.19. The summed E-state index contributed by atoms with van der Waals surface area (Å²) in [5, 5.41) is 5.84. The highest BCUT2D eigenvalue weighted by atomic mass is 16.5. The Labute approximate surface area is 97.5 Å². The predicted octanol–water partition coefficient (Wildman–Crippen LogP) is 0.415. The topological polar surface area (TPSA) is 53.6 Å². The molecule has 1 saturated heterocycles. The second kappa shape index (κ2) is 6.70. The molecule has 0 aromatic heterocycles. The maximum absolute atomic E-state index is 11.6. The second-order valence-electron chi connectivity index (χ2n) is 4.67. The third kappa shape index (κ3) is 5.32. The van der Waals surface area contributed by atoms with E-state index in [-0.39, 0.29) is 18.1 Å². The van der Waals surface area contributed by atoms with Gasteiger partial charge >= 0.3 is 6.03 Å². The van der Waals surface area contributed by atoms with Crippen LogP contribution in [0.5, 0.6) is 0 Å². The van der Waals surface area contributed by atoms with E-state index in [0.717, 1.165) is 26.0 Å². The summed E-state index contributed by atoms with van der Waals surface area (Å²) in [6, 6.07) is 0.299. The molecule has 0 saturated carbocycles. The first-order valence-electron chi connectivity index (χ1n) is 5.87. The molecule has 1 aliphatic rings.